The van der Waals surface area contributed by atoms with E-state index in [1.165, 1.54) is 4.88 Å². The topological polar surface area (TPSA) is 66.3 Å². The molecule has 9 heteroatoms. The van der Waals surface area contributed by atoms with Gasteiger partial charge in [-0.2, -0.15) is 0 Å². The number of fused-ring (bicyclic) bond motifs is 3. The first-order valence-electron chi connectivity index (χ1n) is 9.50. The summed E-state index contributed by atoms with van der Waals surface area (Å²) >= 11 is 3.44. The number of rotatable bonds is 5. The van der Waals surface area contributed by atoms with Crippen molar-refractivity contribution in [1.29, 1.82) is 0 Å². The molecule has 1 N–H and O–H groups in total. The molecule has 28 heavy (non-hydrogen) atoms. The summed E-state index contributed by atoms with van der Waals surface area (Å²) in [7, 11) is 0. The lowest BCUT2D eigenvalue weighted by Gasteiger charge is -2.43. The van der Waals surface area contributed by atoms with Gasteiger partial charge in [-0.15, -0.1) is 32.9 Å². The molecule has 0 aliphatic carbocycles. The predicted octanol–water partition coefficient (Wildman–Crippen LogP) is 2.20. The van der Waals surface area contributed by atoms with E-state index in [0.29, 0.717) is 12.4 Å². The quantitative estimate of drug-likeness (QED) is 0.693. The summed E-state index contributed by atoms with van der Waals surface area (Å²) in [6, 6.07) is 8.51. The number of thiophene rings is 2. The molecule has 1 amide bonds. The van der Waals surface area contributed by atoms with Crippen molar-refractivity contribution in [2.24, 2.45) is 0 Å². The van der Waals surface area contributed by atoms with Crippen molar-refractivity contribution >= 4 is 28.6 Å². The molecule has 2 aliphatic rings. The van der Waals surface area contributed by atoms with E-state index in [0.717, 1.165) is 50.0 Å². The van der Waals surface area contributed by atoms with Crippen LogP contribution in [0.5, 0.6) is 0 Å². The van der Waals surface area contributed by atoms with E-state index in [1.54, 1.807) is 22.7 Å². The van der Waals surface area contributed by atoms with Crippen molar-refractivity contribution in [3.05, 3.63) is 56.4 Å². The highest BCUT2D eigenvalue weighted by atomic mass is 32.1. The summed E-state index contributed by atoms with van der Waals surface area (Å²) in [4.78, 5) is 20.1. The molecule has 0 aromatic carbocycles. The monoisotopic (exact) mass is 414 g/mol. The number of nitrogens with one attached hydrogen (secondary N) is 1. The van der Waals surface area contributed by atoms with Crippen LogP contribution in [0.1, 0.15) is 32.2 Å². The van der Waals surface area contributed by atoms with Crippen molar-refractivity contribution in [3.63, 3.8) is 0 Å². The highest BCUT2D eigenvalue weighted by molar-refractivity contribution is 7.10. The molecule has 0 radical (unpaired) electrons. The van der Waals surface area contributed by atoms with Crippen LogP contribution in [0.4, 0.5) is 0 Å². The lowest BCUT2D eigenvalue weighted by atomic mass is 10.1. The first-order valence-corrected chi connectivity index (χ1v) is 11.3. The van der Waals surface area contributed by atoms with Crippen LogP contribution >= 0.6 is 22.7 Å². The maximum absolute atomic E-state index is 12.7. The SMILES string of the molecule is O=C(NCc1cccs1)c1nnc2n1CCN1CCN(Cc3cccs3)C[C@@H]21. The van der Waals surface area contributed by atoms with E-state index >= 15 is 0 Å². The summed E-state index contributed by atoms with van der Waals surface area (Å²) in [5.41, 5.74) is 0. The van der Waals surface area contributed by atoms with Gasteiger partial charge < -0.3 is 9.88 Å². The van der Waals surface area contributed by atoms with Crippen molar-refractivity contribution < 1.29 is 4.79 Å². The average molecular weight is 415 g/mol. The predicted molar refractivity (Wildman–Crippen MR) is 109 cm³/mol. The third-order valence-corrected chi connectivity index (χ3v) is 7.17. The molecule has 1 fully saturated rings. The third-order valence-electron chi connectivity index (χ3n) is 5.43. The van der Waals surface area contributed by atoms with Gasteiger partial charge in [-0.1, -0.05) is 12.1 Å². The van der Waals surface area contributed by atoms with Gasteiger partial charge in [0.05, 0.1) is 12.6 Å². The number of amides is 1. The van der Waals surface area contributed by atoms with Crippen LogP contribution in [0.2, 0.25) is 0 Å². The van der Waals surface area contributed by atoms with E-state index in [9.17, 15) is 4.79 Å². The maximum Gasteiger partial charge on any atom is 0.289 e. The minimum absolute atomic E-state index is 0.146. The summed E-state index contributed by atoms with van der Waals surface area (Å²) in [6.45, 7) is 6.23. The zero-order chi connectivity index (χ0) is 18.9. The number of nitrogens with zero attached hydrogens (tertiary/aromatic N) is 5. The molecule has 0 bridgehead atoms. The van der Waals surface area contributed by atoms with Gasteiger partial charge in [0.2, 0.25) is 5.82 Å². The molecule has 0 spiro atoms. The van der Waals surface area contributed by atoms with Crippen LogP contribution in [0, 0.1) is 0 Å². The second-order valence-electron chi connectivity index (χ2n) is 7.16. The van der Waals surface area contributed by atoms with E-state index in [2.05, 4.69) is 42.8 Å². The normalized spacial score (nSPS) is 19.9. The highest BCUT2D eigenvalue weighted by Gasteiger charge is 2.36. The van der Waals surface area contributed by atoms with Crippen LogP contribution in [-0.4, -0.2) is 56.7 Å². The Hall–Kier alpha value is -2.07. The summed E-state index contributed by atoms with van der Waals surface area (Å²) in [6.07, 6.45) is 0. The molecule has 1 saturated heterocycles. The number of carbonyl (C=O) groups excluding carboxylic acids is 1. The number of carbonyl (C=O) groups is 1. The Labute approximate surface area is 171 Å². The van der Waals surface area contributed by atoms with E-state index < -0.39 is 0 Å². The number of hydrogen-bond donors (Lipinski definition) is 1. The van der Waals surface area contributed by atoms with Crippen molar-refractivity contribution in [3.8, 4) is 0 Å². The fraction of sp³-hybridized carbons (Fsp3) is 0.421. The van der Waals surface area contributed by atoms with Gasteiger partial charge >= 0.3 is 0 Å². The largest absolute Gasteiger partial charge is 0.344 e. The molecule has 0 unspecified atom stereocenters. The third kappa shape index (κ3) is 3.50. The first kappa shape index (κ1) is 18.0. The van der Waals surface area contributed by atoms with Crippen molar-refractivity contribution in [2.45, 2.75) is 25.7 Å². The molecule has 0 saturated carbocycles. The van der Waals surface area contributed by atoms with Crippen LogP contribution in [0.15, 0.2) is 35.0 Å². The molecular formula is C19H22N6OS2. The zero-order valence-electron chi connectivity index (χ0n) is 15.5. The highest BCUT2D eigenvalue weighted by Crippen LogP contribution is 2.29. The van der Waals surface area contributed by atoms with Gasteiger partial charge in [0, 0.05) is 49.0 Å². The minimum atomic E-state index is -0.146. The molecular weight excluding hydrogens is 392 g/mol. The van der Waals surface area contributed by atoms with Gasteiger partial charge in [0.15, 0.2) is 5.82 Å². The Morgan fingerprint density at radius 2 is 1.86 bits per heavy atom. The smallest absolute Gasteiger partial charge is 0.289 e. The maximum atomic E-state index is 12.7. The second kappa shape index (κ2) is 7.75. The van der Waals surface area contributed by atoms with E-state index in [-0.39, 0.29) is 11.9 Å². The number of aromatic nitrogens is 3. The van der Waals surface area contributed by atoms with Crippen LogP contribution in [0.3, 0.4) is 0 Å². The summed E-state index contributed by atoms with van der Waals surface area (Å²) in [5, 5.41) is 15.8. The molecule has 5 rings (SSSR count). The first-order chi connectivity index (χ1) is 13.8. The molecule has 5 heterocycles. The van der Waals surface area contributed by atoms with Gasteiger partial charge in [0.1, 0.15) is 0 Å². The molecule has 7 nitrogen and oxygen atoms in total. The lowest BCUT2D eigenvalue weighted by molar-refractivity contribution is 0.0463. The fourth-order valence-corrected chi connectivity index (χ4v) is 5.38. The summed E-state index contributed by atoms with van der Waals surface area (Å²) < 4.78 is 2.01. The Balaban J connectivity index is 1.30. The summed E-state index contributed by atoms with van der Waals surface area (Å²) in [5.74, 6) is 1.21. The minimum Gasteiger partial charge on any atom is -0.344 e. The Kier molecular flexibility index (Phi) is 4.98. The standard InChI is InChI=1S/C19H22N6OS2/c26-19(20-11-14-3-1-9-27-14)18-22-21-17-16-13-23(12-15-4-2-10-28-15)5-6-24(16)7-8-25(17)18/h1-4,9-10,16H,5-8,11-13H2,(H,20,26)/t16-/m0/s1. The second-order valence-corrected chi connectivity index (χ2v) is 9.23. The molecule has 146 valence electrons. The lowest BCUT2D eigenvalue weighted by Crippen LogP contribution is -2.52. The van der Waals surface area contributed by atoms with Gasteiger partial charge in [-0.25, -0.2) is 0 Å². The Bertz CT molecular complexity index is 936. The average Bonchev–Trinajstić information content (AvgIpc) is 3.47. The van der Waals surface area contributed by atoms with E-state index in [1.807, 2.05) is 22.1 Å². The van der Waals surface area contributed by atoms with Crippen molar-refractivity contribution in [1.82, 2.24) is 29.9 Å². The molecule has 3 aromatic rings. The molecule has 3 aromatic heterocycles. The Morgan fingerprint density at radius 3 is 2.64 bits per heavy atom. The van der Waals surface area contributed by atoms with Crippen LogP contribution < -0.4 is 5.32 Å². The van der Waals surface area contributed by atoms with Gasteiger partial charge in [-0.05, 0) is 22.9 Å². The van der Waals surface area contributed by atoms with Crippen LogP contribution in [-0.2, 0) is 19.6 Å². The number of hydrogen-bond acceptors (Lipinski definition) is 7. The molecule has 1 atom stereocenters. The van der Waals surface area contributed by atoms with Crippen molar-refractivity contribution in [2.75, 3.05) is 26.2 Å². The molecule has 2 aliphatic heterocycles. The number of piperazine rings is 1. The van der Waals surface area contributed by atoms with Gasteiger partial charge in [-0.3, -0.25) is 14.6 Å². The fourth-order valence-electron chi connectivity index (χ4n) is 3.99. The zero-order valence-corrected chi connectivity index (χ0v) is 17.1. The van der Waals surface area contributed by atoms with Gasteiger partial charge in [0.25, 0.3) is 5.91 Å². The van der Waals surface area contributed by atoms with Crippen LogP contribution in [0.25, 0.3) is 0 Å². The van der Waals surface area contributed by atoms with E-state index in [4.69, 9.17) is 0 Å². The Morgan fingerprint density at radius 1 is 1.07 bits per heavy atom.